The Morgan fingerprint density at radius 3 is 3.00 bits per heavy atom. The number of aromatic nitrogens is 3. The number of amides is 1. The van der Waals surface area contributed by atoms with E-state index in [0.717, 1.165) is 23.3 Å². The lowest BCUT2D eigenvalue weighted by Crippen LogP contribution is -2.12. The number of pyridine rings is 1. The molecule has 6 nitrogen and oxygen atoms in total. The molecule has 3 aromatic rings. The molecule has 0 bridgehead atoms. The molecular weight excluding hydrogens is 256 g/mol. The predicted octanol–water partition coefficient (Wildman–Crippen LogP) is 2.45. The highest BCUT2D eigenvalue weighted by Gasteiger charge is 2.16. The molecule has 102 valence electrons. The second kappa shape index (κ2) is 4.80. The summed E-state index contributed by atoms with van der Waals surface area (Å²) < 4.78 is 6.93. The Morgan fingerprint density at radius 1 is 1.45 bits per heavy atom. The average molecular weight is 270 g/mol. The van der Waals surface area contributed by atoms with Gasteiger partial charge in [0, 0.05) is 18.0 Å². The molecule has 0 spiro atoms. The molecule has 0 aromatic carbocycles. The first-order chi connectivity index (χ1) is 9.69. The van der Waals surface area contributed by atoms with Gasteiger partial charge in [0.1, 0.15) is 11.3 Å². The van der Waals surface area contributed by atoms with Crippen LogP contribution >= 0.6 is 0 Å². The van der Waals surface area contributed by atoms with E-state index >= 15 is 0 Å². The van der Waals surface area contributed by atoms with E-state index in [1.807, 2.05) is 38.2 Å². The number of aryl methyl sites for hydroxylation is 1. The van der Waals surface area contributed by atoms with Crippen LogP contribution in [0.25, 0.3) is 5.65 Å². The molecule has 3 heterocycles. The molecule has 0 atom stereocenters. The fourth-order valence-corrected chi connectivity index (χ4v) is 2.03. The third-order valence-corrected chi connectivity index (χ3v) is 3.18. The Balaban J connectivity index is 1.87. The minimum absolute atomic E-state index is 0.310. The van der Waals surface area contributed by atoms with Gasteiger partial charge in [-0.15, -0.1) is 0 Å². The number of hydrogen-bond donors (Lipinski definition) is 1. The van der Waals surface area contributed by atoms with Crippen molar-refractivity contribution in [3.05, 3.63) is 47.5 Å². The molecule has 0 unspecified atom stereocenters. The summed E-state index contributed by atoms with van der Waals surface area (Å²) in [5.41, 5.74) is 2.76. The van der Waals surface area contributed by atoms with E-state index in [9.17, 15) is 4.79 Å². The van der Waals surface area contributed by atoms with E-state index in [1.165, 1.54) is 0 Å². The molecule has 1 amide bonds. The third-order valence-electron chi connectivity index (χ3n) is 3.18. The molecule has 3 rings (SSSR count). The summed E-state index contributed by atoms with van der Waals surface area (Å²) in [6, 6.07) is 5.59. The average Bonchev–Trinajstić information content (AvgIpc) is 3.03. The first-order valence-electron chi connectivity index (χ1n) is 6.39. The molecule has 0 fully saturated rings. The van der Waals surface area contributed by atoms with E-state index in [1.54, 1.807) is 10.6 Å². The van der Waals surface area contributed by atoms with Crippen LogP contribution < -0.4 is 5.32 Å². The second-order valence-corrected chi connectivity index (χ2v) is 4.48. The van der Waals surface area contributed by atoms with Gasteiger partial charge in [-0.3, -0.25) is 10.1 Å². The van der Waals surface area contributed by atoms with Gasteiger partial charge in [-0.05, 0) is 25.5 Å². The Hall–Kier alpha value is -2.63. The molecule has 0 aliphatic rings. The fraction of sp³-hybridized carbons (Fsp3) is 0.214. The zero-order valence-electron chi connectivity index (χ0n) is 11.3. The van der Waals surface area contributed by atoms with Gasteiger partial charge in [0.05, 0.1) is 5.69 Å². The van der Waals surface area contributed by atoms with Crippen molar-refractivity contribution in [2.24, 2.45) is 0 Å². The van der Waals surface area contributed by atoms with Gasteiger partial charge in [-0.1, -0.05) is 18.1 Å². The van der Waals surface area contributed by atoms with E-state index in [0.29, 0.717) is 11.6 Å². The summed E-state index contributed by atoms with van der Waals surface area (Å²) in [6.45, 7) is 3.85. The maximum Gasteiger partial charge on any atom is 0.278 e. The smallest absolute Gasteiger partial charge is 0.278 e. The topological polar surface area (TPSA) is 72.4 Å². The first kappa shape index (κ1) is 12.4. The lowest BCUT2D eigenvalue weighted by molar-refractivity contribution is 0.101. The van der Waals surface area contributed by atoms with E-state index in [4.69, 9.17) is 4.52 Å². The number of nitrogens with one attached hydrogen (secondary N) is 1. The van der Waals surface area contributed by atoms with Crippen LogP contribution in [-0.2, 0) is 6.42 Å². The highest BCUT2D eigenvalue weighted by atomic mass is 16.5. The van der Waals surface area contributed by atoms with Gasteiger partial charge in [0.15, 0.2) is 0 Å². The molecule has 0 radical (unpaired) electrons. The maximum absolute atomic E-state index is 12.2. The van der Waals surface area contributed by atoms with Crippen molar-refractivity contribution in [1.82, 2.24) is 14.5 Å². The number of imidazole rings is 1. The number of nitrogens with zero attached hydrogens (tertiary/aromatic N) is 3. The Bertz CT molecular complexity index is 739. The number of carbonyl (C=O) groups excluding carboxylic acids is 1. The van der Waals surface area contributed by atoms with Gasteiger partial charge in [0.25, 0.3) is 5.91 Å². The zero-order chi connectivity index (χ0) is 14.1. The van der Waals surface area contributed by atoms with Crippen LogP contribution in [0.4, 0.5) is 5.88 Å². The number of fused-ring (bicyclic) bond motifs is 1. The van der Waals surface area contributed by atoms with E-state index < -0.39 is 0 Å². The van der Waals surface area contributed by atoms with Crippen molar-refractivity contribution in [2.45, 2.75) is 20.3 Å². The lowest BCUT2D eigenvalue weighted by atomic mass is 10.2. The van der Waals surface area contributed by atoms with Crippen molar-refractivity contribution in [3.63, 3.8) is 0 Å². The summed E-state index contributed by atoms with van der Waals surface area (Å²) >= 11 is 0. The lowest BCUT2D eigenvalue weighted by Gasteiger charge is -1.98. The van der Waals surface area contributed by atoms with E-state index in [2.05, 4.69) is 15.5 Å². The largest absolute Gasteiger partial charge is 0.338 e. The number of carbonyl (C=O) groups is 1. The van der Waals surface area contributed by atoms with Crippen molar-refractivity contribution in [3.8, 4) is 0 Å². The van der Waals surface area contributed by atoms with Gasteiger partial charge in [0.2, 0.25) is 5.88 Å². The SMILES string of the molecule is CCc1noc(NC(=O)c2cn3ccccc3n2)c1C. The number of anilines is 1. The Kier molecular flexibility index (Phi) is 2.98. The van der Waals surface area contributed by atoms with E-state index in [-0.39, 0.29) is 5.91 Å². The third kappa shape index (κ3) is 2.05. The molecule has 0 aliphatic heterocycles. The van der Waals surface area contributed by atoms with Crippen LogP contribution in [0, 0.1) is 6.92 Å². The molecule has 6 heteroatoms. The van der Waals surface area contributed by atoms with Crippen molar-refractivity contribution < 1.29 is 9.32 Å². The molecule has 0 saturated heterocycles. The van der Waals surface area contributed by atoms with Gasteiger partial charge >= 0.3 is 0 Å². The van der Waals surface area contributed by atoms with Crippen LogP contribution in [0.2, 0.25) is 0 Å². The minimum atomic E-state index is -0.310. The molecule has 1 N–H and O–H groups in total. The summed E-state index contributed by atoms with van der Waals surface area (Å²) in [5, 5.41) is 6.61. The Labute approximate surface area is 115 Å². The molecule has 0 saturated carbocycles. The molecule has 20 heavy (non-hydrogen) atoms. The maximum atomic E-state index is 12.2. The first-order valence-corrected chi connectivity index (χ1v) is 6.39. The van der Waals surface area contributed by atoms with Crippen LogP contribution in [0.15, 0.2) is 35.1 Å². The van der Waals surface area contributed by atoms with Gasteiger partial charge < -0.3 is 8.92 Å². The summed E-state index contributed by atoms with van der Waals surface area (Å²) in [6.07, 6.45) is 4.28. The summed E-state index contributed by atoms with van der Waals surface area (Å²) in [5.74, 6) is 0.0690. The number of rotatable bonds is 3. The van der Waals surface area contributed by atoms with Gasteiger partial charge in [-0.25, -0.2) is 4.98 Å². The van der Waals surface area contributed by atoms with Crippen molar-refractivity contribution in [2.75, 3.05) is 5.32 Å². The van der Waals surface area contributed by atoms with Crippen LogP contribution in [-0.4, -0.2) is 20.4 Å². The van der Waals surface area contributed by atoms with Crippen LogP contribution in [0.1, 0.15) is 28.7 Å². The zero-order valence-corrected chi connectivity index (χ0v) is 11.3. The fourth-order valence-electron chi connectivity index (χ4n) is 2.03. The predicted molar refractivity (Wildman–Crippen MR) is 73.8 cm³/mol. The van der Waals surface area contributed by atoms with Crippen LogP contribution in [0.5, 0.6) is 0 Å². The summed E-state index contributed by atoms with van der Waals surface area (Å²) in [7, 11) is 0. The quantitative estimate of drug-likeness (QED) is 0.793. The van der Waals surface area contributed by atoms with Crippen molar-refractivity contribution >= 4 is 17.4 Å². The summed E-state index contributed by atoms with van der Waals surface area (Å²) in [4.78, 5) is 16.4. The molecular formula is C14H14N4O2. The monoisotopic (exact) mass is 270 g/mol. The minimum Gasteiger partial charge on any atom is -0.338 e. The standard InChI is InChI=1S/C14H14N4O2/c1-3-10-9(2)14(20-17-10)16-13(19)11-8-18-7-5-4-6-12(18)15-11/h4-8H,3H2,1-2H3,(H,16,19). The molecule has 3 aromatic heterocycles. The Morgan fingerprint density at radius 2 is 2.30 bits per heavy atom. The molecule has 0 aliphatic carbocycles. The highest BCUT2D eigenvalue weighted by Crippen LogP contribution is 2.19. The van der Waals surface area contributed by atoms with Crippen molar-refractivity contribution in [1.29, 1.82) is 0 Å². The van der Waals surface area contributed by atoms with Crippen LogP contribution in [0.3, 0.4) is 0 Å². The second-order valence-electron chi connectivity index (χ2n) is 4.48. The normalized spacial score (nSPS) is 10.9. The highest BCUT2D eigenvalue weighted by molar-refractivity contribution is 6.02. The van der Waals surface area contributed by atoms with Gasteiger partial charge in [-0.2, -0.15) is 0 Å². The number of hydrogen-bond acceptors (Lipinski definition) is 4.